The molecule has 1 aromatic rings. The Bertz CT molecular complexity index is 518. The third-order valence-electron chi connectivity index (χ3n) is 3.99. The number of hydrogen-bond donors (Lipinski definition) is 2. The molecule has 3 rings (SSSR count). The Morgan fingerprint density at radius 3 is 3.00 bits per heavy atom. The first kappa shape index (κ1) is 13.2. The Morgan fingerprint density at radius 1 is 1.50 bits per heavy atom. The highest BCUT2D eigenvalue weighted by molar-refractivity contribution is 5.96. The summed E-state index contributed by atoms with van der Waals surface area (Å²) < 4.78 is 10.9. The SMILES string of the molecule is CCOC(=O)c1cc(N)ccc1NC1CC2CCC1O2. The Balaban J connectivity index is 1.80. The van der Waals surface area contributed by atoms with E-state index in [1.54, 1.807) is 19.1 Å². The number of anilines is 2. The van der Waals surface area contributed by atoms with Gasteiger partial charge in [0.25, 0.3) is 0 Å². The summed E-state index contributed by atoms with van der Waals surface area (Å²) in [6.45, 7) is 2.14. The molecule has 0 saturated carbocycles. The topological polar surface area (TPSA) is 73.6 Å². The highest BCUT2D eigenvalue weighted by Crippen LogP contribution is 2.36. The normalized spacial score (nSPS) is 27.6. The van der Waals surface area contributed by atoms with Gasteiger partial charge < -0.3 is 20.5 Å². The van der Waals surface area contributed by atoms with Gasteiger partial charge in [-0.15, -0.1) is 0 Å². The van der Waals surface area contributed by atoms with Crippen LogP contribution in [-0.2, 0) is 9.47 Å². The lowest BCUT2D eigenvalue weighted by Gasteiger charge is -2.22. The summed E-state index contributed by atoms with van der Waals surface area (Å²) in [6.07, 6.45) is 3.86. The molecule has 1 aromatic carbocycles. The molecule has 0 amide bonds. The van der Waals surface area contributed by atoms with Crippen molar-refractivity contribution < 1.29 is 14.3 Å². The third-order valence-corrected chi connectivity index (χ3v) is 3.99. The van der Waals surface area contributed by atoms with Crippen molar-refractivity contribution in [2.45, 2.75) is 44.4 Å². The maximum atomic E-state index is 12.0. The second-order valence-electron chi connectivity index (χ2n) is 5.39. The zero-order valence-corrected chi connectivity index (χ0v) is 11.6. The second-order valence-corrected chi connectivity index (χ2v) is 5.39. The number of nitrogens with two attached hydrogens (primary N) is 1. The monoisotopic (exact) mass is 276 g/mol. The van der Waals surface area contributed by atoms with Gasteiger partial charge in [-0.25, -0.2) is 4.79 Å². The molecular weight excluding hydrogens is 256 g/mol. The van der Waals surface area contributed by atoms with Crippen molar-refractivity contribution in [2.24, 2.45) is 0 Å². The van der Waals surface area contributed by atoms with E-state index in [0.29, 0.717) is 24.0 Å². The molecule has 3 atom stereocenters. The number of carbonyl (C=O) groups excluding carboxylic acids is 1. The minimum Gasteiger partial charge on any atom is -0.462 e. The number of benzene rings is 1. The number of ether oxygens (including phenoxy) is 2. The van der Waals surface area contributed by atoms with Crippen molar-refractivity contribution in [3.63, 3.8) is 0 Å². The van der Waals surface area contributed by atoms with E-state index < -0.39 is 0 Å². The van der Waals surface area contributed by atoms with E-state index >= 15 is 0 Å². The van der Waals surface area contributed by atoms with Crippen molar-refractivity contribution in [1.82, 2.24) is 0 Å². The molecule has 5 nitrogen and oxygen atoms in total. The number of carbonyl (C=O) groups is 1. The standard InChI is InChI=1S/C15H20N2O3/c1-2-19-15(18)11-7-9(16)3-5-12(11)17-13-8-10-4-6-14(13)20-10/h3,5,7,10,13-14,17H,2,4,6,8,16H2,1H3. The van der Waals surface area contributed by atoms with Crippen LogP contribution in [0.5, 0.6) is 0 Å². The fourth-order valence-electron chi connectivity index (χ4n) is 3.05. The second kappa shape index (κ2) is 5.32. The summed E-state index contributed by atoms with van der Waals surface area (Å²) in [7, 11) is 0. The molecule has 2 aliphatic heterocycles. The van der Waals surface area contributed by atoms with Crippen molar-refractivity contribution in [3.05, 3.63) is 23.8 Å². The van der Waals surface area contributed by atoms with E-state index in [1.165, 1.54) is 0 Å². The summed E-state index contributed by atoms with van der Waals surface area (Å²) in [4.78, 5) is 12.0. The van der Waals surface area contributed by atoms with E-state index in [-0.39, 0.29) is 18.1 Å². The lowest BCUT2D eigenvalue weighted by Crippen LogP contribution is -2.31. The van der Waals surface area contributed by atoms with Gasteiger partial charge in [-0.3, -0.25) is 0 Å². The van der Waals surface area contributed by atoms with Crippen molar-refractivity contribution in [2.75, 3.05) is 17.7 Å². The van der Waals surface area contributed by atoms with E-state index in [0.717, 1.165) is 24.9 Å². The maximum absolute atomic E-state index is 12.0. The van der Waals surface area contributed by atoms with Crippen LogP contribution < -0.4 is 11.1 Å². The van der Waals surface area contributed by atoms with Gasteiger partial charge in [0, 0.05) is 11.4 Å². The van der Waals surface area contributed by atoms with E-state index in [2.05, 4.69) is 5.32 Å². The van der Waals surface area contributed by atoms with Gasteiger partial charge in [0.05, 0.1) is 30.4 Å². The van der Waals surface area contributed by atoms with Crippen LogP contribution in [0.3, 0.4) is 0 Å². The molecule has 2 saturated heterocycles. The van der Waals surface area contributed by atoms with Crippen LogP contribution in [-0.4, -0.2) is 30.8 Å². The minimum atomic E-state index is -0.341. The molecule has 2 aliphatic rings. The van der Waals surface area contributed by atoms with Gasteiger partial charge in [-0.05, 0) is 44.4 Å². The molecule has 108 valence electrons. The highest BCUT2D eigenvalue weighted by atomic mass is 16.5. The zero-order chi connectivity index (χ0) is 14.1. The summed E-state index contributed by atoms with van der Waals surface area (Å²) in [5, 5.41) is 3.43. The molecule has 3 unspecified atom stereocenters. The summed E-state index contributed by atoms with van der Waals surface area (Å²) in [5.41, 5.74) is 7.60. The smallest absolute Gasteiger partial charge is 0.340 e. The van der Waals surface area contributed by atoms with Gasteiger partial charge in [-0.2, -0.15) is 0 Å². The quantitative estimate of drug-likeness (QED) is 0.651. The molecule has 2 heterocycles. The maximum Gasteiger partial charge on any atom is 0.340 e. The van der Waals surface area contributed by atoms with Crippen LogP contribution >= 0.6 is 0 Å². The molecular formula is C15H20N2O3. The lowest BCUT2D eigenvalue weighted by molar-refractivity contribution is 0.0527. The Hall–Kier alpha value is -1.75. The minimum absolute atomic E-state index is 0.257. The fraction of sp³-hybridized carbons (Fsp3) is 0.533. The number of hydrogen-bond acceptors (Lipinski definition) is 5. The van der Waals surface area contributed by atoms with Crippen LogP contribution in [0, 0.1) is 0 Å². The van der Waals surface area contributed by atoms with Gasteiger partial charge in [0.1, 0.15) is 0 Å². The molecule has 0 radical (unpaired) electrons. The zero-order valence-electron chi connectivity index (χ0n) is 11.6. The Kier molecular flexibility index (Phi) is 3.53. The van der Waals surface area contributed by atoms with Gasteiger partial charge in [0.2, 0.25) is 0 Å². The largest absolute Gasteiger partial charge is 0.462 e. The molecule has 2 bridgehead atoms. The first-order valence-corrected chi connectivity index (χ1v) is 7.16. The molecule has 5 heteroatoms. The Morgan fingerprint density at radius 2 is 2.35 bits per heavy atom. The lowest BCUT2D eigenvalue weighted by atomic mass is 9.95. The van der Waals surface area contributed by atoms with Crippen LogP contribution in [0.1, 0.15) is 36.5 Å². The number of nitrogen functional groups attached to an aromatic ring is 1. The van der Waals surface area contributed by atoms with Crippen LogP contribution in [0.15, 0.2) is 18.2 Å². The van der Waals surface area contributed by atoms with E-state index in [1.807, 2.05) is 6.07 Å². The third kappa shape index (κ3) is 2.45. The predicted octanol–water partition coefficient (Wildman–Crippen LogP) is 2.18. The van der Waals surface area contributed by atoms with Crippen molar-refractivity contribution in [1.29, 1.82) is 0 Å². The summed E-state index contributed by atoms with van der Waals surface area (Å²) in [6, 6.07) is 5.56. The molecule has 3 N–H and O–H groups in total. The van der Waals surface area contributed by atoms with Crippen molar-refractivity contribution >= 4 is 17.3 Å². The van der Waals surface area contributed by atoms with Gasteiger partial charge in [0.15, 0.2) is 0 Å². The number of nitrogens with one attached hydrogen (secondary N) is 1. The average molecular weight is 276 g/mol. The number of rotatable bonds is 4. The molecule has 20 heavy (non-hydrogen) atoms. The molecule has 0 aromatic heterocycles. The van der Waals surface area contributed by atoms with Crippen LogP contribution in [0.2, 0.25) is 0 Å². The van der Waals surface area contributed by atoms with Gasteiger partial charge in [-0.1, -0.05) is 0 Å². The molecule has 0 spiro atoms. The first-order chi connectivity index (χ1) is 9.67. The molecule has 2 fully saturated rings. The predicted molar refractivity (Wildman–Crippen MR) is 76.7 cm³/mol. The van der Waals surface area contributed by atoms with E-state index in [9.17, 15) is 4.79 Å². The fourth-order valence-corrected chi connectivity index (χ4v) is 3.05. The number of esters is 1. The highest BCUT2D eigenvalue weighted by Gasteiger charge is 2.41. The van der Waals surface area contributed by atoms with Gasteiger partial charge >= 0.3 is 5.97 Å². The average Bonchev–Trinajstić information content (AvgIpc) is 3.03. The van der Waals surface area contributed by atoms with Crippen LogP contribution in [0.25, 0.3) is 0 Å². The summed E-state index contributed by atoms with van der Waals surface area (Å²) in [5.74, 6) is -0.341. The number of fused-ring (bicyclic) bond motifs is 2. The van der Waals surface area contributed by atoms with E-state index in [4.69, 9.17) is 15.2 Å². The molecule has 0 aliphatic carbocycles. The van der Waals surface area contributed by atoms with Crippen LogP contribution in [0.4, 0.5) is 11.4 Å². The summed E-state index contributed by atoms with van der Waals surface area (Å²) >= 11 is 0. The Labute approximate surface area is 118 Å². The van der Waals surface area contributed by atoms with Crippen molar-refractivity contribution in [3.8, 4) is 0 Å². The first-order valence-electron chi connectivity index (χ1n) is 7.16.